The molecule has 1 nitrogen and oxygen atoms in total. The first-order valence-electron chi connectivity index (χ1n) is 5.34. The quantitative estimate of drug-likeness (QED) is 0.770. The molecule has 0 aliphatic heterocycles. The summed E-state index contributed by atoms with van der Waals surface area (Å²) in [5.41, 5.74) is 0.918. The summed E-state index contributed by atoms with van der Waals surface area (Å²) < 4.78 is 12.8. The van der Waals surface area contributed by atoms with Crippen LogP contribution in [0.4, 0.5) is 4.39 Å². The Hall–Kier alpha value is -0.310. The summed E-state index contributed by atoms with van der Waals surface area (Å²) in [5, 5.41) is 3.75. The van der Waals surface area contributed by atoms with Crippen molar-refractivity contribution in [1.82, 2.24) is 5.32 Å². The van der Waals surface area contributed by atoms with E-state index < -0.39 is 0 Å². The van der Waals surface area contributed by atoms with Crippen molar-refractivity contribution in [1.29, 1.82) is 0 Å². The molecule has 1 aromatic rings. The van der Waals surface area contributed by atoms with Crippen LogP contribution in [0.3, 0.4) is 0 Å². The van der Waals surface area contributed by atoms with Crippen LogP contribution in [0.15, 0.2) is 18.2 Å². The molecule has 0 radical (unpaired) electrons. The van der Waals surface area contributed by atoms with E-state index in [2.05, 4.69) is 12.2 Å². The molecule has 0 saturated heterocycles. The van der Waals surface area contributed by atoms with Gasteiger partial charge in [-0.2, -0.15) is 0 Å². The van der Waals surface area contributed by atoms with Gasteiger partial charge in [0, 0.05) is 17.4 Å². The number of alkyl halides is 1. The molecular formula is C12H16Cl2FN. The van der Waals surface area contributed by atoms with Crippen molar-refractivity contribution in [3.05, 3.63) is 34.6 Å². The van der Waals surface area contributed by atoms with Gasteiger partial charge in [-0.1, -0.05) is 24.6 Å². The second-order valence-electron chi connectivity index (χ2n) is 3.95. The lowest BCUT2D eigenvalue weighted by atomic mass is 10.1. The molecule has 4 heteroatoms. The molecule has 0 aliphatic carbocycles. The van der Waals surface area contributed by atoms with Gasteiger partial charge in [-0.05, 0) is 36.6 Å². The Balaban J connectivity index is 2.37. The van der Waals surface area contributed by atoms with Crippen LogP contribution in [-0.4, -0.2) is 12.4 Å². The second kappa shape index (κ2) is 7.10. The highest BCUT2D eigenvalue weighted by atomic mass is 35.5. The highest BCUT2D eigenvalue weighted by Crippen LogP contribution is 2.17. The van der Waals surface area contributed by atoms with Crippen LogP contribution in [0.25, 0.3) is 0 Å². The van der Waals surface area contributed by atoms with E-state index >= 15 is 0 Å². The third kappa shape index (κ3) is 4.69. The van der Waals surface area contributed by atoms with E-state index in [1.54, 1.807) is 6.07 Å². The fourth-order valence-corrected chi connectivity index (χ4v) is 2.01. The van der Waals surface area contributed by atoms with E-state index in [4.69, 9.17) is 23.2 Å². The Morgan fingerprint density at radius 3 is 2.81 bits per heavy atom. The topological polar surface area (TPSA) is 12.0 Å². The first-order valence-corrected chi connectivity index (χ1v) is 6.25. The van der Waals surface area contributed by atoms with Crippen molar-refractivity contribution < 1.29 is 4.39 Å². The Bertz CT molecular complexity index is 331. The molecule has 0 saturated carbocycles. The molecular weight excluding hydrogens is 248 g/mol. The number of hydrogen-bond donors (Lipinski definition) is 1. The first-order chi connectivity index (χ1) is 7.63. The van der Waals surface area contributed by atoms with Gasteiger partial charge in [0.15, 0.2) is 0 Å². The van der Waals surface area contributed by atoms with E-state index in [9.17, 15) is 4.39 Å². The lowest BCUT2D eigenvalue weighted by molar-refractivity contribution is 0.502. The van der Waals surface area contributed by atoms with E-state index in [0.29, 0.717) is 23.4 Å². The van der Waals surface area contributed by atoms with E-state index in [1.165, 1.54) is 12.1 Å². The van der Waals surface area contributed by atoms with Crippen molar-refractivity contribution in [2.45, 2.75) is 19.9 Å². The molecule has 0 aliphatic rings. The normalized spacial score (nSPS) is 12.8. The highest BCUT2D eigenvalue weighted by molar-refractivity contribution is 6.31. The first kappa shape index (κ1) is 13.8. The zero-order valence-corrected chi connectivity index (χ0v) is 10.8. The van der Waals surface area contributed by atoms with Crippen LogP contribution < -0.4 is 5.32 Å². The summed E-state index contributed by atoms with van der Waals surface area (Å²) >= 11 is 11.5. The zero-order chi connectivity index (χ0) is 12.0. The molecule has 16 heavy (non-hydrogen) atoms. The van der Waals surface area contributed by atoms with E-state index in [-0.39, 0.29) is 5.82 Å². The van der Waals surface area contributed by atoms with Crippen molar-refractivity contribution in [3.63, 3.8) is 0 Å². The summed E-state index contributed by atoms with van der Waals surface area (Å²) in [4.78, 5) is 0. The minimum Gasteiger partial charge on any atom is -0.312 e. The summed E-state index contributed by atoms with van der Waals surface area (Å²) in [7, 11) is 0. The zero-order valence-electron chi connectivity index (χ0n) is 9.27. The van der Waals surface area contributed by atoms with Gasteiger partial charge < -0.3 is 5.32 Å². The molecule has 1 N–H and O–H groups in total. The fourth-order valence-electron chi connectivity index (χ4n) is 1.41. The second-order valence-corrected chi connectivity index (χ2v) is 4.73. The molecule has 1 aromatic carbocycles. The third-order valence-corrected chi connectivity index (χ3v) is 3.00. The molecule has 0 fully saturated rings. The Labute approximate surface area is 106 Å². The maximum atomic E-state index is 12.8. The van der Waals surface area contributed by atoms with Crippen molar-refractivity contribution in [2.24, 2.45) is 5.92 Å². The number of hydrogen-bond acceptors (Lipinski definition) is 1. The summed E-state index contributed by atoms with van der Waals surface area (Å²) in [6.07, 6.45) is 0.992. The van der Waals surface area contributed by atoms with Gasteiger partial charge in [-0.15, -0.1) is 11.6 Å². The van der Waals surface area contributed by atoms with E-state index in [0.717, 1.165) is 18.5 Å². The largest absolute Gasteiger partial charge is 0.312 e. The van der Waals surface area contributed by atoms with Gasteiger partial charge in [0.1, 0.15) is 5.82 Å². The van der Waals surface area contributed by atoms with Gasteiger partial charge in [-0.25, -0.2) is 4.39 Å². The number of halogens is 3. The van der Waals surface area contributed by atoms with Crippen LogP contribution >= 0.6 is 23.2 Å². The average Bonchev–Trinajstić information content (AvgIpc) is 2.22. The average molecular weight is 264 g/mol. The predicted molar refractivity (Wildman–Crippen MR) is 67.6 cm³/mol. The molecule has 0 bridgehead atoms. The minimum absolute atomic E-state index is 0.302. The number of nitrogens with one attached hydrogen (secondary N) is 1. The molecule has 0 amide bonds. The minimum atomic E-state index is -0.302. The number of rotatable bonds is 6. The summed E-state index contributed by atoms with van der Waals surface area (Å²) in [5.74, 6) is 0.918. The van der Waals surface area contributed by atoms with Crippen LogP contribution in [0, 0.1) is 11.7 Å². The van der Waals surface area contributed by atoms with Gasteiger partial charge in [0.2, 0.25) is 0 Å². The Morgan fingerprint density at radius 1 is 1.44 bits per heavy atom. The van der Waals surface area contributed by atoms with Crippen LogP contribution in [0.2, 0.25) is 5.02 Å². The van der Waals surface area contributed by atoms with Crippen molar-refractivity contribution in [2.75, 3.05) is 12.4 Å². The Kier molecular flexibility index (Phi) is 6.10. The maximum absolute atomic E-state index is 12.8. The lowest BCUT2D eigenvalue weighted by Gasteiger charge is -2.11. The van der Waals surface area contributed by atoms with E-state index in [1.807, 2.05) is 0 Å². The molecule has 1 rings (SSSR count). The summed E-state index contributed by atoms with van der Waals surface area (Å²) in [6.45, 7) is 3.69. The third-order valence-electron chi connectivity index (χ3n) is 2.43. The molecule has 0 spiro atoms. The molecule has 90 valence electrons. The SMILES string of the molecule is CC(CCCl)CNCc1ccc(F)cc1Cl. The van der Waals surface area contributed by atoms with Gasteiger partial charge in [0.25, 0.3) is 0 Å². The maximum Gasteiger partial charge on any atom is 0.124 e. The smallest absolute Gasteiger partial charge is 0.124 e. The van der Waals surface area contributed by atoms with Crippen LogP contribution in [-0.2, 0) is 6.54 Å². The lowest BCUT2D eigenvalue weighted by Crippen LogP contribution is -2.21. The van der Waals surface area contributed by atoms with Crippen LogP contribution in [0.1, 0.15) is 18.9 Å². The van der Waals surface area contributed by atoms with Gasteiger partial charge >= 0.3 is 0 Å². The molecule has 1 atom stereocenters. The van der Waals surface area contributed by atoms with Gasteiger partial charge in [0.05, 0.1) is 0 Å². The standard InChI is InChI=1S/C12H16Cl2FN/c1-9(4-5-13)7-16-8-10-2-3-11(15)6-12(10)14/h2-3,6,9,16H,4-5,7-8H2,1H3. The van der Waals surface area contributed by atoms with Crippen molar-refractivity contribution in [3.8, 4) is 0 Å². The molecule has 1 unspecified atom stereocenters. The van der Waals surface area contributed by atoms with Gasteiger partial charge in [-0.3, -0.25) is 0 Å². The Morgan fingerprint density at radius 2 is 2.19 bits per heavy atom. The highest BCUT2D eigenvalue weighted by Gasteiger charge is 2.03. The van der Waals surface area contributed by atoms with Crippen LogP contribution in [0.5, 0.6) is 0 Å². The predicted octanol–water partition coefficient (Wildman–Crippen LogP) is 3.83. The summed E-state index contributed by atoms with van der Waals surface area (Å²) in [6, 6.07) is 4.46. The fraction of sp³-hybridized carbons (Fsp3) is 0.500. The van der Waals surface area contributed by atoms with Crippen molar-refractivity contribution >= 4 is 23.2 Å². The molecule has 0 aromatic heterocycles. The molecule has 0 heterocycles. The monoisotopic (exact) mass is 263 g/mol. The number of benzene rings is 1.